The fraction of sp³-hybridized carbons (Fsp3) is 0.571. The van der Waals surface area contributed by atoms with Crippen LogP contribution in [-0.4, -0.2) is 19.4 Å². The van der Waals surface area contributed by atoms with E-state index in [0.29, 0.717) is 10.8 Å². The molecule has 0 saturated heterocycles. The van der Waals surface area contributed by atoms with Crippen molar-refractivity contribution in [3.63, 3.8) is 0 Å². The van der Waals surface area contributed by atoms with E-state index in [-0.39, 0.29) is 10.3 Å². The number of hydrogen-bond acceptors (Lipinski definition) is 5. The maximum Gasteiger partial charge on any atom is 0.252 e. The second-order valence-electron chi connectivity index (χ2n) is 3.32. The van der Waals surface area contributed by atoms with Crippen LogP contribution in [0.25, 0.3) is 0 Å². The number of anilines is 1. The maximum absolute atomic E-state index is 11.7. The average molecular weight is 233 g/mol. The van der Waals surface area contributed by atoms with Crippen LogP contribution in [0.2, 0.25) is 0 Å². The molecule has 0 aliphatic heterocycles. The molecule has 0 bridgehead atoms. The summed E-state index contributed by atoms with van der Waals surface area (Å²) in [6.07, 6.45) is 1.85. The molecular formula is C7H11N3O2S2. The summed E-state index contributed by atoms with van der Waals surface area (Å²) >= 11 is 1.01. The molecule has 1 saturated carbocycles. The van der Waals surface area contributed by atoms with E-state index in [2.05, 4.69) is 9.71 Å². The highest BCUT2D eigenvalue weighted by Gasteiger charge is 2.30. The Morgan fingerprint density at radius 2 is 2.21 bits per heavy atom. The van der Waals surface area contributed by atoms with Gasteiger partial charge in [0.05, 0.1) is 5.69 Å². The van der Waals surface area contributed by atoms with E-state index < -0.39 is 10.0 Å². The number of aryl methyl sites for hydroxylation is 1. The molecule has 78 valence electrons. The van der Waals surface area contributed by atoms with Crippen molar-refractivity contribution in [3.8, 4) is 0 Å². The van der Waals surface area contributed by atoms with Gasteiger partial charge in [-0.1, -0.05) is 11.3 Å². The lowest BCUT2D eigenvalue weighted by Gasteiger charge is -2.01. The van der Waals surface area contributed by atoms with Crippen LogP contribution < -0.4 is 10.5 Å². The molecule has 0 spiro atoms. The lowest BCUT2D eigenvalue weighted by atomic mass is 10.6. The first kappa shape index (κ1) is 9.88. The zero-order valence-corrected chi connectivity index (χ0v) is 9.28. The number of nitrogen functional groups attached to an aromatic ring is 1. The van der Waals surface area contributed by atoms with Gasteiger partial charge in [-0.2, -0.15) is 0 Å². The largest absolute Gasteiger partial charge is 0.375 e. The van der Waals surface area contributed by atoms with Crippen LogP contribution in [0.1, 0.15) is 18.5 Å². The molecule has 1 aliphatic rings. The third kappa shape index (κ3) is 1.89. The van der Waals surface area contributed by atoms with Gasteiger partial charge in [0, 0.05) is 6.04 Å². The van der Waals surface area contributed by atoms with Crippen molar-refractivity contribution < 1.29 is 8.42 Å². The SMILES string of the molecule is Cc1nc(N)sc1S(=O)(=O)NC1CC1. The van der Waals surface area contributed by atoms with Crippen LogP contribution in [0.4, 0.5) is 5.13 Å². The smallest absolute Gasteiger partial charge is 0.252 e. The number of nitrogens with zero attached hydrogens (tertiary/aromatic N) is 1. The van der Waals surface area contributed by atoms with E-state index in [9.17, 15) is 8.42 Å². The molecule has 2 rings (SSSR count). The fourth-order valence-electron chi connectivity index (χ4n) is 1.13. The molecule has 5 nitrogen and oxygen atoms in total. The minimum atomic E-state index is -3.38. The van der Waals surface area contributed by atoms with Crippen LogP contribution in [0, 0.1) is 6.92 Å². The Bertz CT molecular complexity index is 448. The minimum absolute atomic E-state index is 0.114. The standard InChI is InChI=1S/C7H11N3O2S2/c1-4-6(13-7(8)9-4)14(11,12)10-5-2-3-5/h5,10H,2-3H2,1H3,(H2,8,9). The Kier molecular flexibility index (Phi) is 2.24. The van der Waals surface area contributed by atoms with Crippen molar-refractivity contribution >= 4 is 26.5 Å². The van der Waals surface area contributed by atoms with Crippen molar-refractivity contribution in [1.82, 2.24) is 9.71 Å². The maximum atomic E-state index is 11.7. The summed E-state index contributed by atoms with van der Waals surface area (Å²) in [6, 6.07) is 0.114. The second-order valence-corrected chi connectivity index (χ2v) is 6.26. The average Bonchev–Trinajstić information content (AvgIpc) is 2.76. The third-order valence-electron chi connectivity index (χ3n) is 1.91. The Morgan fingerprint density at radius 3 is 2.64 bits per heavy atom. The fourth-order valence-corrected chi connectivity index (χ4v) is 3.75. The number of sulfonamides is 1. The molecule has 1 aromatic heterocycles. The normalized spacial score (nSPS) is 17.2. The van der Waals surface area contributed by atoms with Crippen molar-refractivity contribution in [2.45, 2.75) is 30.0 Å². The van der Waals surface area contributed by atoms with Gasteiger partial charge in [0.25, 0.3) is 10.0 Å². The van der Waals surface area contributed by atoms with Crippen molar-refractivity contribution in [1.29, 1.82) is 0 Å². The van der Waals surface area contributed by atoms with Gasteiger partial charge >= 0.3 is 0 Å². The summed E-state index contributed by atoms with van der Waals surface area (Å²) < 4.78 is 26.3. The van der Waals surface area contributed by atoms with Gasteiger partial charge in [-0.25, -0.2) is 18.1 Å². The van der Waals surface area contributed by atoms with Crippen LogP contribution in [-0.2, 0) is 10.0 Å². The Hall–Kier alpha value is -0.660. The number of hydrogen-bond donors (Lipinski definition) is 2. The van der Waals surface area contributed by atoms with Crippen LogP contribution >= 0.6 is 11.3 Å². The summed E-state index contributed by atoms with van der Waals surface area (Å²) in [4.78, 5) is 3.88. The molecule has 0 unspecified atom stereocenters. The highest BCUT2D eigenvalue weighted by Crippen LogP contribution is 2.28. The Balaban J connectivity index is 2.32. The van der Waals surface area contributed by atoms with Crippen LogP contribution in [0.5, 0.6) is 0 Å². The highest BCUT2D eigenvalue weighted by atomic mass is 32.2. The molecular weight excluding hydrogens is 222 g/mol. The molecule has 1 fully saturated rings. The molecule has 3 N–H and O–H groups in total. The lowest BCUT2D eigenvalue weighted by Crippen LogP contribution is -2.25. The number of thiazole rings is 1. The zero-order valence-electron chi connectivity index (χ0n) is 7.65. The number of nitrogens with one attached hydrogen (secondary N) is 1. The molecule has 7 heteroatoms. The van der Waals surface area contributed by atoms with Crippen LogP contribution in [0.3, 0.4) is 0 Å². The monoisotopic (exact) mass is 233 g/mol. The third-order valence-corrected chi connectivity index (χ3v) is 5.03. The summed E-state index contributed by atoms with van der Waals surface area (Å²) in [5, 5.41) is 0.290. The van der Waals surface area contributed by atoms with Gasteiger partial charge in [0.15, 0.2) is 9.34 Å². The number of rotatable bonds is 3. The Labute approximate surface area is 86.4 Å². The second kappa shape index (κ2) is 3.18. The molecule has 0 aromatic carbocycles. The van der Waals surface area contributed by atoms with Gasteiger partial charge in [-0.15, -0.1) is 0 Å². The lowest BCUT2D eigenvalue weighted by molar-refractivity contribution is 0.582. The van der Waals surface area contributed by atoms with E-state index in [4.69, 9.17) is 5.73 Å². The Morgan fingerprint density at radius 1 is 1.57 bits per heavy atom. The summed E-state index contributed by atoms with van der Waals surface area (Å²) in [5.41, 5.74) is 5.91. The summed E-state index contributed by atoms with van der Waals surface area (Å²) in [5.74, 6) is 0. The molecule has 1 aliphatic carbocycles. The van der Waals surface area contributed by atoms with E-state index in [1.54, 1.807) is 6.92 Å². The predicted molar refractivity (Wildman–Crippen MR) is 54.6 cm³/mol. The number of nitrogens with two attached hydrogens (primary N) is 1. The molecule has 1 heterocycles. The van der Waals surface area contributed by atoms with Crippen molar-refractivity contribution in [3.05, 3.63) is 5.69 Å². The first-order valence-electron chi connectivity index (χ1n) is 4.24. The van der Waals surface area contributed by atoms with E-state index in [1.165, 1.54) is 0 Å². The van der Waals surface area contributed by atoms with E-state index in [0.717, 1.165) is 24.2 Å². The zero-order chi connectivity index (χ0) is 10.3. The quantitative estimate of drug-likeness (QED) is 0.795. The predicted octanol–water partition coefficient (Wildman–Crippen LogP) is 0.474. The van der Waals surface area contributed by atoms with Crippen molar-refractivity contribution in [2.24, 2.45) is 0 Å². The highest BCUT2D eigenvalue weighted by molar-refractivity contribution is 7.91. The first-order chi connectivity index (χ1) is 6.49. The number of aromatic nitrogens is 1. The van der Waals surface area contributed by atoms with Crippen molar-refractivity contribution in [2.75, 3.05) is 5.73 Å². The van der Waals surface area contributed by atoms with E-state index in [1.807, 2.05) is 0 Å². The van der Waals surface area contributed by atoms with E-state index >= 15 is 0 Å². The molecule has 14 heavy (non-hydrogen) atoms. The van der Waals surface area contributed by atoms with Gasteiger partial charge in [0.1, 0.15) is 0 Å². The van der Waals surface area contributed by atoms with Gasteiger partial charge in [0.2, 0.25) is 0 Å². The van der Waals surface area contributed by atoms with Gasteiger partial charge in [-0.3, -0.25) is 0 Å². The summed E-state index contributed by atoms with van der Waals surface area (Å²) in [7, 11) is -3.38. The molecule has 0 atom stereocenters. The van der Waals surface area contributed by atoms with Crippen LogP contribution in [0.15, 0.2) is 4.21 Å². The molecule has 0 radical (unpaired) electrons. The van der Waals surface area contributed by atoms with Gasteiger partial charge in [-0.05, 0) is 19.8 Å². The topological polar surface area (TPSA) is 85.1 Å². The van der Waals surface area contributed by atoms with Gasteiger partial charge < -0.3 is 5.73 Å². The molecule has 1 aromatic rings. The first-order valence-corrected chi connectivity index (χ1v) is 6.54. The summed E-state index contributed by atoms with van der Waals surface area (Å²) in [6.45, 7) is 1.65. The minimum Gasteiger partial charge on any atom is -0.375 e. The molecule has 0 amide bonds.